The summed E-state index contributed by atoms with van der Waals surface area (Å²) in [4.78, 5) is 31.0. The molecule has 0 aromatic heterocycles. The van der Waals surface area contributed by atoms with E-state index in [2.05, 4.69) is 10.2 Å². The molecular formula is C46H87N3O13. The van der Waals surface area contributed by atoms with Crippen molar-refractivity contribution in [1.82, 2.24) is 15.1 Å². The fraction of sp³-hybridized carbons (Fsp3) is 0.957. The van der Waals surface area contributed by atoms with Crippen LogP contribution in [0.5, 0.6) is 0 Å². The minimum atomic E-state index is -1.82. The van der Waals surface area contributed by atoms with Gasteiger partial charge in [-0.1, -0.05) is 41.5 Å². The van der Waals surface area contributed by atoms with Crippen LogP contribution >= 0.6 is 0 Å². The standard InChI is InChI=1S/C46H87N3O13/c1-18-33-46(13,55)37(50)30(6)49(16)25-26(2)23-44(11,54)39(28(4)35(29(5)40(52)60-33)61-34-24-45(12,56-17)38(51)31(7)59-34)62-41-36(32(48(14)15)22-27(3)58-41)57-21-19-20-47-42(53)43(8,9)10/h26-39,41,50-51,54-55H,18-25H2,1-17H3,(H,47,53)/t26-,27-,28+,29-,30-,31+,32+,33-,34+,35+,36-,37-,38+,39-,41+,44-,45-,46-/m1/s1. The van der Waals surface area contributed by atoms with E-state index < -0.39 is 101 Å². The molecule has 0 bridgehead atoms. The van der Waals surface area contributed by atoms with Crippen LogP contribution in [-0.4, -0.2) is 180 Å². The molecule has 18 atom stereocenters. The van der Waals surface area contributed by atoms with Gasteiger partial charge in [-0.05, 0) is 101 Å². The van der Waals surface area contributed by atoms with E-state index >= 15 is 0 Å². The Bertz CT molecular complexity index is 1410. The van der Waals surface area contributed by atoms with E-state index in [1.807, 2.05) is 74.5 Å². The number of nitrogens with zero attached hydrogens (tertiary/aromatic N) is 2. The van der Waals surface area contributed by atoms with Gasteiger partial charge < -0.3 is 68.7 Å². The predicted molar refractivity (Wildman–Crippen MR) is 235 cm³/mol. The molecule has 3 heterocycles. The summed E-state index contributed by atoms with van der Waals surface area (Å²) in [5.74, 6) is -2.66. The average molecular weight is 890 g/mol. The number of carbonyl (C=O) groups is 2. The first-order valence-corrected chi connectivity index (χ1v) is 23.0. The zero-order valence-electron chi connectivity index (χ0n) is 41.2. The summed E-state index contributed by atoms with van der Waals surface area (Å²) >= 11 is 0. The zero-order chi connectivity index (χ0) is 47.3. The van der Waals surface area contributed by atoms with Gasteiger partial charge in [0.25, 0.3) is 0 Å². The van der Waals surface area contributed by atoms with E-state index in [1.165, 1.54) is 14.0 Å². The molecule has 3 saturated heterocycles. The summed E-state index contributed by atoms with van der Waals surface area (Å²) in [5.41, 5.74) is -4.94. The SMILES string of the molecule is CC[C@H]1OC(=O)[C@H](C)[C@@H](O[C@H]2C[C@@](C)(OC)[C@@H](O)[C@H](C)O2)[C@H](C)[C@@H](O[C@@H]2O[C@H](C)C[C@H](N(C)C)[C@H]2OCCCNC(=O)C(C)(C)C)[C@](C)(O)C[C@@H](C)CN(C)[C@H](C)[C@@H](O)[C@]1(C)O. The second-order valence-electron chi connectivity index (χ2n) is 20.9. The van der Waals surface area contributed by atoms with Gasteiger partial charge in [0.05, 0.1) is 41.5 Å². The van der Waals surface area contributed by atoms with Crippen LogP contribution in [0.1, 0.15) is 122 Å². The number of hydrogen-bond donors (Lipinski definition) is 5. The number of ether oxygens (including phenoxy) is 7. The van der Waals surface area contributed by atoms with E-state index in [9.17, 15) is 30.0 Å². The lowest BCUT2D eigenvalue weighted by Crippen LogP contribution is -2.61. The number of aliphatic hydroxyl groups excluding tert-OH is 2. The summed E-state index contributed by atoms with van der Waals surface area (Å²) in [7, 11) is 7.33. The van der Waals surface area contributed by atoms with Gasteiger partial charge in [0.15, 0.2) is 12.6 Å². The first-order valence-electron chi connectivity index (χ1n) is 23.0. The minimum Gasteiger partial charge on any atom is -0.459 e. The van der Waals surface area contributed by atoms with Crippen LogP contribution in [0.25, 0.3) is 0 Å². The fourth-order valence-corrected chi connectivity index (χ4v) is 9.66. The number of rotatable bonds is 12. The molecule has 0 unspecified atom stereocenters. The van der Waals surface area contributed by atoms with Crippen LogP contribution in [0.4, 0.5) is 0 Å². The number of amides is 1. The average Bonchev–Trinajstić information content (AvgIpc) is 3.17. The van der Waals surface area contributed by atoms with Crippen molar-refractivity contribution < 1.29 is 63.2 Å². The number of aliphatic hydroxyl groups is 4. The Kier molecular flexibility index (Phi) is 19.7. The highest BCUT2D eigenvalue weighted by Crippen LogP contribution is 2.40. The van der Waals surface area contributed by atoms with Gasteiger partial charge in [-0.3, -0.25) is 9.59 Å². The molecule has 62 heavy (non-hydrogen) atoms. The summed E-state index contributed by atoms with van der Waals surface area (Å²) in [5, 5.41) is 50.4. The Labute approximate surface area is 373 Å². The van der Waals surface area contributed by atoms with Gasteiger partial charge in [-0.2, -0.15) is 0 Å². The van der Waals surface area contributed by atoms with Gasteiger partial charge in [-0.25, -0.2) is 0 Å². The molecule has 3 fully saturated rings. The van der Waals surface area contributed by atoms with Crippen LogP contribution in [-0.2, 0) is 42.7 Å². The number of carbonyl (C=O) groups excluding carboxylic acids is 2. The smallest absolute Gasteiger partial charge is 0.311 e. The Morgan fingerprint density at radius 1 is 0.968 bits per heavy atom. The highest BCUT2D eigenvalue weighted by molar-refractivity contribution is 5.81. The Hall–Kier alpha value is -1.54. The van der Waals surface area contributed by atoms with Crippen LogP contribution in [0.2, 0.25) is 0 Å². The number of cyclic esters (lactones) is 1. The molecule has 3 aliphatic rings. The topological polar surface area (TPSA) is 198 Å². The molecule has 0 saturated carbocycles. The molecule has 16 heteroatoms. The lowest BCUT2D eigenvalue weighted by atomic mass is 9.77. The number of hydrogen-bond acceptors (Lipinski definition) is 15. The van der Waals surface area contributed by atoms with Gasteiger partial charge in [0.1, 0.15) is 30.0 Å². The van der Waals surface area contributed by atoms with E-state index in [1.54, 1.807) is 34.6 Å². The van der Waals surface area contributed by atoms with Crippen LogP contribution in [0, 0.1) is 23.2 Å². The third kappa shape index (κ3) is 13.5. The van der Waals surface area contributed by atoms with Crippen molar-refractivity contribution in [2.24, 2.45) is 23.2 Å². The summed E-state index contributed by atoms with van der Waals surface area (Å²) in [6, 6.07) is -0.684. The highest BCUT2D eigenvalue weighted by Gasteiger charge is 2.53. The maximum Gasteiger partial charge on any atom is 0.311 e. The number of methoxy groups -OCH3 is 1. The Balaban J connectivity index is 2.16. The molecule has 3 aliphatic heterocycles. The highest BCUT2D eigenvalue weighted by atomic mass is 16.7. The van der Waals surface area contributed by atoms with Crippen molar-refractivity contribution in [2.75, 3.05) is 47.9 Å². The predicted octanol–water partition coefficient (Wildman–Crippen LogP) is 3.48. The first-order chi connectivity index (χ1) is 28.5. The minimum absolute atomic E-state index is 0.0481. The lowest BCUT2D eigenvalue weighted by molar-refractivity contribution is -0.321. The molecule has 3 rings (SSSR count). The van der Waals surface area contributed by atoms with Crippen molar-refractivity contribution in [3.05, 3.63) is 0 Å². The number of likely N-dealkylation sites (N-methyl/N-ethyl adjacent to an activating group) is 2. The molecule has 0 spiro atoms. The van der Waals surface area contributed by atoms with E-state index in [0.29, 0.717) is 32.5 Å². The van der Waals surface area contributed by atoms with E-state index in [-0.39, 0.29) is 43.2 Å². The summed E-state index contributed by atoms with van der Waals surface area (Å²) in [6.45, 7) is 24.6. The maximum atomic E-state index is 14.5. The third-order valence-electron chi connectivity index (χ3n) is 13.8. The zero-order valence-corrected chi connectivity index (χ0v) is 41.2. The molecule has 0 aromatic carbocycles. The van der Waals surface area contributed by atoms with Crippen molar-refractivity contribution in [3.8, 4) is 0 Å². The van der Waals surface area contributed by atoms with Gasteiger partial charge in [-0.15, -0.1) is 0 Å². The Morgan fingerprint density at radius 2 is 1.60 bits per heavy atom. The molecule has 0 radical (unpaired) electrons. The third-order valence-corrected chi connectivity index (χ3v) is 13.8. The monoisotopic (exact) mass is 890 g/mol. The largest absolute Gasteiger partial charge is 0.459 e. The van der Waals surface area contributed by atoms with Crippen LogP contribution in [0.3, 0.4) is 0 Å². The second-order valence-corrected chi connectivity index (χ2v) is 20.9. The van der Waals surface area contributed by atoms with Crippen molar-refractivity contribution >= 4 is 11.9 Å². The molecule has 5 N–H and O–H groups in total. The lowest BCUT2D eigenvalue weighted by Gasteiger charge is -2.49. The van der Waals surface area contributed by atoms with Crippen molar-refractivity contribution in [1.29, 1.82) is 0 Å². The molecule has 364 valence electrons. The molecular weight excluding hydrogens is 803 g/mol. The fourth-order valence-electron chi connectivity index (χ4n) is 9.66. The second kappa shape index (κ2) is 22.3. The van der Waals surface area contributed by atoms with Crippen molar-refractivity contribution in [3.63, 3.8) is 0 Å². The molecule has 1 amide bonds. The molecule has 0 aliphatic carbocycles. The number of nitrogens with one attached hydrogen (secondary N) is 1. The van der Waals surface area contributed by atoms with Gasteiger partial charge >= 0.3 is 5.97 Å². The summed E-state index contributed by atoms with van der Waals surface area (Å²) in [6.07, 6.45) is -7.06. The van der Waals surface area contributed by atoms with E-state index in [4.69, 9.17) is 33.2 Å². The normalized spacial score (nSPS) is 43.7. The van der Waals surface area contributed by atoms with Gasteiger partial charge in [0.2, 0.25) is 5.91 Å². The van der Waals surface area contributed by atoms with Crippen LogP contribution < -0.4 is 5.32 Å². The van der Waals surface area contributed by atoms with E-state index in [0.717, 1.165) is 0 Å². The van der Waals surface area contributed by atoms with Gasteiger partial charge in [0, 0.05) is 56.6 Å². The maximum absolute atomic E-state index is 14.5. The van der Waals surface area contributed by atoms with Crippen molar-refractivity contribution in [2.45, 2.75) is 212 Å². The molecule has 16 nitrogen and oxygen atoms in total. The Morgan fingerprint density at radius 3 is 2.16 bits per heavy atom. The first kappa shape index (κ1) is 54.8. The quantitative estimate of drug-likeness (QED) is 0.141. The van der Waals surface area contributed by atoms with Crippen LogP contribution in [0.15, 0.2) is 0 Å². The number of esters is 1. The molecule has 0 aromatic rings. The summed E-state index contributed by atoms with van der Waals surface area (Å²) < 4.78 is 45.3.